The predicted octanol–water partition coefficient (Wildman–Crippen LogP) is 5.19. The van der Waals surface area contributed by atoms with E-state index in [0.29, 0.717) is 36.9 Å². The van der Waals surface area contributed by atoms with E-state index in [-0.39, 0.29) is 11.0 Å². The van der Waals surface area contributed by atoms with E-state index in [2.05, 4.69) is 30.6 Å². The van der Waals surface area contributed by atoms with Gasteiger partial charge in [0, 0.05) is 36.9 Å². The van der Waals surface area contributed by atoms with Gasteiger partial charge in [0.05, 0.1) is 19.9 Å². The largest absolute Gasteiger partial charge is 0.465 e. The maximum Gasteiger partial charge on any atom is 0.347 e. The fraction of sp³-hybridized carbons (Fsp3) is 0.357. The molecule has 0 N–H and O–H groups in total. The van der Waals surface area contributed by atoms with Crippen molar-refractivity contribution in [2.24, 2.45) is 5.41 Å². The number of allylic oxidation sites excluding steroid dienone is 2. The number of rotatable bonds is 6. The summed E-state index contributed by atoms with van der Waals surface area (Å²) in [5.41, 5.74) is 3.25. The van der Waals surface area contributed by atoms with Crippen LogP contribution in [0.2, 0.25) is 5.02 Å². The van der Waals surface area contributed by atoms with Crippen LogP contribution < -0.4 is 4.90 Å². The lowest BCUT2D eigenvalue weighted by Crippen LogP contribution is -2.46. The second-order valence-corrected chi connectivity index (χ2v) is 9.80. The van der Waals surface area contributed by atoms with Gasteiger partial charge < -0.3 is 19.3 Å². The summed E-state index contributed by atoms with van der Waals surface area (Å²) in [6, 6.07) is 17.7. The number of carbonyl (C=O) groups is 2. The molecule has 0 aromatic heterocycles. The molecule has 35 heavy (non-hydrogen) atoms. The van der Waals surface area contributed by atoms with Gasteiger partial charge in [-0.1, -0.05) is 62.7 Å². The van der Waals surface area contributed by atoms with E-state index < -0.39 is 11.9 Å². The summed E-state index contributed by atoms with van der Waals surface area (Å²) >= 11 is 6.05. The minimum atomic E-state index is -0.718. The number of carbonyl (C=O) groups excluding carboxylic acids is 2. The number of hydrogen-bond donors (Lipinski definition) is 0. The molecule has 7 heteroatoms. The van der Waals surface area contributed by atoms with Crippen LogP contribution in [0, 0.1) is 5.41 Å². The highest BCUT2D eigenvalue weighted by molar-refractivity contribution is 6.30. The lowest BCUT2D eigenvalue weighted by Gasteiger charge is -2.39. The van der Waals surface area contributed by atoms with Gasteiger partial charge in [-0.15, -0.1) is 0 Å². The van der Waals surface area contributed by atoms with Crippen LogP contribution in [-0.4, -0.2) is 57.2 Å². The van der Waals surface area contributed by atoms with Crippen molar-refractivity contribution in [1.82, 2.24) is 4.90 Å². The van der Waals surface area contributed by atoms with E-state index >= 15 is 0 Å². The highest BCUT2D eigenvalue weighted by Gasteiger charge is 2.31. The van der Waals surface area contributed by atoms with Crippen molar-refractivity contribution in [3.63, 3.8) is 0 Å². The molecule has 2 aromatic carbocycles. The van der Waals surface area contributed by atoms with Gasteiger partial charge in [-0.3, -0.25) is 0 Å². The minimum Gasteiger partial charge on any atom is -0.465 e. The molecule has 0 spiro atoms. The van der Waals surface area contributed by atoms with Gasteiger partial charge in [0.1, 0.15) is 0 Å². The Morgan fingerprint density at radius 1 is 0.857 bits per heavy atom. The zero-order valence-electron chi connectivity index (χ0n) is 21.0. The fourth-order valence-electron chi connectivity index (χ4n) is 4.16. The summed E-state index contributed by atoms with van der Waals surface area (Å²) in [6.45, 7) is 8.97. The average molecular weight is 497 g/mol. The second kappa shape index (κ2) is 11.5. The van der Waals surface area contributed by atoms with E-state index in [1.54, 1.807) is 0 Å². The Morgan fingerprint density at radius 3 is 1.89 bits per heavy atom. The molecule has 1 fully saturated rings. The van der Waals surface area contributed by atoms with Gasteiger partial charge in [-0.25, -0.2) is 9.59 Å². The highest BCUT2D eigenvalue weighted by atomic mass is 35.5. The van der Waals surface area contributed by atoms with E-state index in [1.807, 2.05) is 60.7 Å². The van der Waals surface area contributed by atoms with Crippen LogP contribution in [0.15, 0.2) is 71.9 Å². The maximum absolute atomic E-state index is 12.8. The molecular weight excluding hydrogens is 464 g/mol. The first-order valence-electron chi connectivity index (χ1n) is 11.6. The number of nitrogens with zero attached hydrogens (tertiary/aromatic N) is 2. The molecule has 1 heterocycles. The standard InChI is InChI=1S/C28H33ClN2O4/c1-28(2,3)23(20-9-7-6-8-10-20)19-24(25(26(32)34-4)27(33)35-5)31-17-15-30(16-18-31)22-13-11-21(29)12-14-22/h6-14,19H,15-18H2,1-5H3/b23-19+. The van der Waals surface area contributed by atoms with Gasteiger partial charge >= 0.3 is 11.9 Å². The third-order valence-electron chi connectivity index (χ3n) is 6.02. The smallest absolute Gasteiger partial charge is 0.347 e. The molecule has 0 saturated carbocycles. The average Bonchev–Trinajstić information content (AvgIpc) is 2.86. The Morgan fingerprint density at radius 2 is 1.40 bits per heavy atom. The second-order valence-electron chi connectivity index (χ2n) is 9.37. The third kappa shape index (κ3) is 6.45. The Hall–Kier alpha value is -3.25. The predicted molar refractivity (Wildman–Crippen MR) is 140 cm³/mol. The van der Waals surface area contributed by atoms with Crippen LogP contribution in [0.1, 0.15) is 26.3 Å². The number of hydrogen-bond acceptors (Lipinski definition) is 6. The Labute approximate surface area is 212 Å². The molecule has 0 radical (unpaired) electrons. The van der Waals surface area contributed by atoms with E-state index in [1.165, 1.54) is 14.2 Å². The Kier molecular flexibility index (Phi) is 8.62. The van der Waals surface area contributed by atoms with E-state index in [9.17, 15) is 9.59 Å². The van der Waals surface area contributed by atoms with Crippen LogP contribution >= 0.6 is 11.6 Å². The zero-order valence-corrected chi connectivity index (χ0v) is 21.8. The number of anilines is 1. The summed E-state index contributed by atoms with van der Waals surface area (Å²) < 4.78 is 10.0. The normalized spacial score (nSPS) is 14.4. The quantitative estimate of drug-likeness (QED) is 0.180. The molecule has 1 saturated heterocycles. The summed E-state index contributed by atoms with van der Waals surface area (Å²) in [4.78, 5) is 30.0. The number of methoxy groups -OCH3 is 2. The summed E-state index contributed by atoms with van der Waals surface area (Å²) in [6.07, 6.45) is 1.94. The Bertz CT molecular complexity index is 1080. The van der Waals surface area contributed by atoms with E-state index in [4.69, 9.17) is 21.1 Å². The number of halogens is 1. The number of esters is 2. The molecule has 1 aliphatic heterocycles. The molecule has 0 amide bonds. The van der Waals surface area contributed by atoms with Crippen molar-refractivity contribution >= 4 is 34.8 Å². The monoisotopic (exact) mass is 496 g/mol. The van der Waals surface area contributed by atoms with E-state index in [0.717, 1.165) is 16.8 Å². The molecule has 3 rings (SSSR count). The van der Waals surface area contributed by atoms with Crippen LogP contribution in [-0.2, 0) is 19.1 Å². The molecule has 6 nitrogen and oxygen atoms in total. The Balaban J connectivity index is 2.08. The maximum atomic E-state index is 12.8. The van der Waals surface area contributed by atoms with Crippen molar-refractivity contribution in [1.29, 1.82) is 0 Å². The first kappa shape index (κ1) is 26.4. The summed E-state index contributed by atoms with van der Waals surface area (Å²) in [7, 11) is 2.54. The summed E-state index contributed by atoms with van der Waals surface area (Å²) in [5.74, 6) is -1.44. The van der Waals surface area contributed by atoms with Crippen molar-refractivity contribution in [2.45, 2.75) is 20.8 Å². The molecule has 0 unspecified atom stereocenters. The van der Waals surface area contributed by atoms with Crippen molar-refractivity contribution in [2.75, 3.05) is 45.3 Å². The van der Waals surface area contributed by atoms with Crippen LogP contribution in [0.25, 0.3) is 5.57 Å². The molecular formula is C28H33ClN2O4. The van der Waals surface area contributed by atoms with Gasteiger partial charge in [0.15, 0.2) is 5.57 Å². The number of benzene rings is 2. The van der Waals surface area contributed by atoms with Gasteiger partial charge in [0.25, 0.3) is 0 Å². The summed E-state index contributed by atoms with van der Waals surface area (Å²) in [5, 5.41) is 0.694. The highest BCUT2D eigenvalue weighted by Crippen LogP contribution is 2.36. The lowest BCUT2D eigenvalue weighted by atomic mass is 9.81. The molecule has 2 aromatic rings. The van der Waals surface area contributed by atoms with Crippen molar-refractivity contribution in [3.05, 3.63) is 82.5 Å². The first-order chi connectivity index (χ1) is 16.7. The van der Waals surface area contributed by atoms with Crippen LogP contribution in [0.5, 0.6) is 0 Å². The lowest BCUT2D eigenvalue weighted by molar-refractivity contribution is -0.144. The van der Waals surface area contributed by atoms with Gasteiger partial charge in [0.2, 0.25) is 0 Å². The van der Waals surface area contributed by atoms with Crippen molar-refractivity contribution < 1.29 is 19.1 Å². The molecule has 0 bridgehead atoms. The molecule has 0 aliphatic carbocycles. The zero-order chi connectivity index (χ0) is 25.6. The van der Waals surface area contributed by atoms with Gasteiger partial charge in [-0.2, -0.15) is 0 Å². The third-order valence-corrected chi connectivity index (χ3v) is 6.27. The molecule has 0 atom stereocenters. The number of piperazine rings is 1. The SMILES string of the molecule is COC(=O)C(C(=O)OC)=C(/C=C(\c1ccccc1)C(C)(C)C)N1CCN(c2ccc(Cl)cc2)CC1. The van der Waals surface area contributed by atoms with Crippen molar-refractivity contribution in [3.8, 4) is 0 Å². The molecule has 1 aliphatic rings. The first-order valence-corrected chi connectivity index (χ1v) is 12.0. The molecule has 186 valence electrons. The minimum absolute atomic E-state index is 0.104. The van der Waals surface area contributed by atoms with Crippen LogP contribution in [0.3, 0.4) is 0 Å². The number of ether oxygens (including phenoxy) is 2. The van der Waals surface area contributed by atoms with Gasteiger partial charge in [-0.05, 0) is 46.9 Å². The topological polar surface area (TPSA) is 59.1 Å². The fourth-order valence-corrected chi connectivity index (χ4v) is 4.29. The van der Waals surface area contributed by atoms with Crippen LogP contribution in [0.4, 0.5) is 5.69 Å².